The number of carbonyl (C=O) groups excluding carboxylic acids is 1. The maximum Gasteiger partial charge on any atom is 0.254 e. The van der Waals surface area contributed by atoms with E-state index in [0.717, 1.165) is 12.0 Å². The van der Waals surface area contributed by atoms with E-state index in [2.05, 4.69) is 20.6 Å². The summed E-state index contributed by atoms with van der Waals surface area (Å²) in [6.45, 7) is 0.525. The summed E-state index contributed by atoms with van der Waals surface area (Å²) in [5.74, 6) is -0.452. The van der Waals surface area contributed by atoms with Crippen LogP contribution in [0, 0.1) is 5.82 Å². The minimum atomic E-state index is -0.499. The average molecular weight is 371 g/mol. The van der Waals surface area contributed by atoms with Gasteiger partial charge < -0.3 is 10.6 Å². The molecule has 26 heavy (non-hydrogen) atoms. The number of anilines is 2. The van der Waals surface area contributed by atoms with Gasteiger partial charge in [0.2, 0.25) is 5.95 Å². The predicted octanol–water partition coefficient (Wildman–Crippen LogP) is 3.99. The van der Waals surface area contributed by atoms with Gasteiger partial charge in [-0.15, -0.1) is 0 Å². The van der Waals surface area contributed by atoms with Gasteiger partial charge >= 0.3 is 0 Å². The molecule has 0 saturated carbocycles. The maximum absolute atomic E-state index is 13.2. The van der Waals surface area contributed by atoms with E-state index in [-0.39, 0.29) is 16.9 Å². The molecule has 0 saturated heterocycles. The fourth-order valence-electron chi connectivity index (χ4n) is 2.28. The van der Waals surface area contributed by atoms with Crippen LogP contribution >= 0.6 is 11.6 Å². The second-order valence-corrected chi connectivity index (χ2v) is 5.95. The van der Waals surface area contributed by atoms with E-state index in [1.165, 1.54) is 30.6 Å². The molecule has 1 heterocycles. The summed E-state index contributed by atoms with van der Waals surface area (Å²) in [5.41, 5.74) is 2.07. The highest BCUT2D eigenvalue weighted by Gasteiger charge is 2.08. The molecule has 0 fully saturated rings. The zero-order valence-corrected chi connectivity index (χ0v) is 14.5. The van der Waals surface area contributed by atoms with Gasteiger partial charge in [0.1, 0.15) is 5.82 Å². The van der Waals surface area contributed by atoms with Gasteiger partial charge in [-0.1, -0.05) is 41.9 Å². The van der Waals surface area contributed by atoms with Gasteiger partial charge in [0, 0.05) is 24.6 Å². The Morgan fingerprint density at radius 3 is 2.50 bits per heavy atom. The molecular formula is C19H16ClFN4O. The molecule has 0 unspecified atom stereocenters. The number of hydrogen-bond donors (Lipinski definition) is 2. The summed E-state index contributed by atoms with van der Waals surface area (Å²) >= 11 is 5.73. The van der Waals surface area contributed by atoms with Crippen LogP contribution in [0.4, 0.5) is 16.0 Å². The first-order valence-electron chi connectivity index (χ1n) is 7.98. The molecular weight excluding hydrogens is 355 g/mol. The zero-order valence-electron chi connectivity index (χ0n) is 13.7. The first-order valence-corrected chi connectivity index (χ1v) is 8.36. The van der Waals surface area contributed by atoms with E-state index < -0.39 is 5.82 Å². The molecule has 0 spiro atoms. The first-order chi connectivity index (χ1) is 12.6. The van der Waals surface area contributed by atoms with E-state index >= 15 is 0 Å². The Morgan fingerprint density at radius 2 is 1.81 bits per heavy atom. The lowest BCUT2D eigenvalue weighted by Gasteiger charge is -2.07. The lowest BCUT2D eigenvalue weighted by Crippen LogP contribution is -2.26. The summed E-state index contributed by atoms with van der Waals surface area (Å²) in [7, 11) is 0. The number of aromatic nitrogens is 2. The van der Waals surface area contributed by atoms with Crippen molar-refractivity contribution in [1.29, 1.82) is 0 Å². The lowest BCUT2D eigenvalue weighted by molar-refractivity contribution is 0.0953. The fourth-order valence-corrected chi connectivity index (χ4v) is 2.46. The van der Waals surface area contributed by atoms with E-state index in [1.54, 1.807) is 0 Å². The van der Waals surface area contributed by atoms with Crippen molar-refractivity contribution in [3.05, 3.63) is 82.9 Å². The summed E-state index contributed by atoms with van der Waals surface area (Å²) in [6, 6.07) is 14.1. The Hall–Kier alpha value is -2.99. The highest BCUT2D eigenvalue weighted by atomic mass is 35.5. The van der Waals surface area contributed by atoms with Crippen LogP contribution in [0.25, 0.3) is 0 Å². The molecule has 1 amide bonds. The molecule has 132 valence electrons. The number of carbonyl (C=O) groups is 1. The van der Waals surface area contributed by atoms with Gasteiger partial charge in [-0.25, -0.2) is 14.4 Å². The van der Waals surface area contributed by atoms with Crippen molar-refractivity contribution in [2.45, 2.75) is 6.42 Å². The number of rotatable bonds is 6. The maximum atomic E-state index is 13.2. The standard InChI is InChI=1S/C19H16ClFN4O/c20-16-10-15(6-7-17(16)21)25-19-23-11-14(12-24-19)18(26)22-9-8-13-4-2-1-3-5-13/h1-7,10-12H,8-9H2,(H,22,26)(H,23,24,25). The van der Waals surface area contributed by atoms with Crippen molar-refractivity contribution in [3.63, 3.8) is 0 Å². The highest BCUT2D eigenvalue weighted by molar-refractivity contribution is 6.31. The number of halogens is 2. The van der Waals surface area contributed by atoms with Crippen LogP contribution in [0.5, 0.6) is 0 Å². The molecule has 0 bridgehead atoms. The van der Waals surface area contributed by atoms with Crippen LogP contribution in [-0.2, 0) is 6.42 Å². The number of nitrogens with zero attached hydrogens (tertiary/aromatic N) is 2. The van der Waals surface area contributed by atoms with Crippen molar-refractivity contribution < 1.29 is 9.18 Å². The Bertz CT molecular complexity index is 888. The van der Waals surface area contributed by atoms with E-state index in [4.69, 9.17) is 11.6 Å². The quantitative estimate of drug-likeness (QED) is 0.688. The van der Waals surface area contributed by atoms with Gasteiger partial charge in [-0.05, 0) is 30.2 Å². The van der Waals surface area contributed by atoms with Crippen molar-refractivity contribution in [2.24, 2.45) is 0 Å². The van der Waals surface area contributed by atoms with E-state index in [1.807, 2.05) is 30.3 Å². The van der Waals surface area contributed by atoms with Crippen LogP contribution in [0.2, 0.25) is 5.02 Å². The first kappa shape index (κ1) is 17.8. The van der Waals surface area contributed by atoms with E-state index in [0.29, 0.717) is 17.8 Å². The van der Waals surface area contributed by atoms with Crippen LogP contribution < -0.4 is 10.6 Å². The molecule has 0 atom stereocenters. The van der Waals surface area contributed by atoms with Gasteiger partial charge in [-0.3, -0.25) is 4.79 Å². The third kappa shape index (κ3) is 4.77. The Kier molecular flexibility index (Phi) is 5.76. The number of benzene rings is 2. The van der Waals surface area contributed by atoms with Crippen LogP contribution in [0.3, 0.4) is 0 Å². The lowest BCUT2D eigenvalue weighted by atomic mass is 10.1. The minimum Gasteiger partial charge on any atom is -0.352 e. The third-order valence-electron chi connectivity index (χ3n) is 3.63. The van der Waals surface area contributed by atoms with Gasteiger partial charge in [0.25, 0.3) is 5.91 Å². The molecule has 0 aliphatic rings. The molecule has 2 N–H and O–H groups in total. The monoisotopic (exact) mass is 370 g/mol. The third-order valence-corrected chi connectivity index (χ3v) is 3.92. The summed E-state index contributed by atoms with van der Waals surface area (Å²) in [6.07, 6.45) is 3.61. The molecule has 1 aromatic heterocycles. The van der Waals surface area contributed by atoms with E-state index in [9.17, 15) is 9.18 Å². The highest BCUT2D eigenvalue weighted by Crippen LogP contribution is 2.21. The summed E-state index contributed by atoms with van der Waals surface area (Å²) < 4.78 is 13.2. The molecule has 0 aliphatic heterocycles. The smallest absolute Gasteiger partial charge is 0.254 e. The number of hydrogen-bond acceptors (Lipinski definition) is 4. The zero-order chi connectivity index (χ0) is 18.4. The van der Waals surface area contributed by atoms with Crippen LogP contribution in [0.1, 0.15) is 15.9 Å². The molecule has 3 rings (SSSR count). The van der Waals surface area contributed by atoms with Crippen LogP contribution in [-0.4, -0.2) is 22.4 Å². The molecule has 7 heteroatoms. The molecule has 0 aliphatic carbocycles. The van der Waals surface area contributed by atoms with Gasteiger partial charge in [-0.2, -0.15) is 0 Å². The Morgan fingerprint density at radius 1 is 1.08 bits per heavy atom. The number of amides is 1. The van der Waals surface area contributed by atoms with Gasteiger partial charge in [0.05, 0.1) is 10.6 Å². The van der Waals surface area contributed by atoms with Crippen LogP contribution in [0.15, 0.2) is 60.9 Å². The fraction of sp³-hybridized carbons (Fsp3) is 0.105. The molecule has 5 nitrogen and oxygen atoms in total. The number of nitrogens with one attached hydrogen (secondary N) is 2. The Balaban J connectivity index is 1.54. The molecule has 0 radical (unpaired) electrons. The predicted molar refractivity (Wildman–Crippen MR) is 99.2 cm³/mol. The largest absolute Gasteiger partial charge is 0.352 e. The minimum absolute atomic E-state index is 0.00409. The molecule has 3 aromatic rings. The topological polar surface area (TPSA) is 66.9 Å². The molecule has 2 aromatic carbocycles. The van der Waals surface area contributed by atoms with Crippen molar-refractivity contribution in [3.8, 4) is 0 Å². The normalized spacial score (nSPS) is 10.4. The Labute approximate surface area is 155 Å². The second kappa shape index (κ2) is 8.40. The summed E-state index contributed by atoms with van der Waals surface area (Å²) in [4.78, 5) is 20.3. The van der Waals surface area contributed by atoms with Crippen molar-refractivity contribution >= 4 is 29.1 Å². The second-order valence-electron chi connectivity index (χ2n) is 5.54. The SMILES string of the molecule is O=C(NCCc1ccccc1)c1cnc(Nc2ccc(F)c(Cl)c2)nc1. The average Bonchev–Trinajstić information content (AvgIpc) is 2.66. The van der Waals surface area contributed by atoms with Crippen molar-refractivity contribution in [2.75, 3.05) is 11.9 Å². The van der Waals surface area contributed by atoms with Gasteiger partial charge in [0.15, 0.2) is 0 Å². The summed E-state index contributed by atoms with van der Waals surface area (Å²) in [5, 5.41) is 5.73. The van der Waals surface area contributed by atoms with Crippen molar-refractivity contribution in [1.82, 2.24) is 15.3 Å².